The Balaban J connectivity index is 2.11. The molecule has 0 fully saturated rings. The number of ether oxygens (including phenoxy) is 3. The zero-order valence-corrected chi connectivity index (χ0v) is 14.4. The van der Waals surface area contributed by atoms with E-state index in [1.165, 1.54) is 19.9 Å². The molecule has 1 aromatic heterocycles. The van der Waals surface area contributed by atoms with Crippen LogP contribution in [0.1, 0.15) is 33.3 Å². The van der Waals surface area contributed by atoms with E-state index in [4.69, 9.17) is 18.6 Å². The van der Waals surface area contributed by atoms with Gasteiger partial charge in [-0.05, 0) is 26.0 Å². The first kappa shape index (κ1) is 17.0. The van der Waals surface area contributed by atoms with Crippen molar-refractivity contribution in [1.29, 1.82) is 0 Å². The lowest BCUT2D eigenvalue weighted by atomic mass is 9.96. The Hall–Kier alpha value is -2.83. The van der Waals surface area contributed by atoms with E-state index in [0.29, 0.717) is 17.6 Å². The summed E-state index contributed by atoms with van der Waals surface area (Å²) in [5.74, 6) is -0.588. The molecule has 1 aliphatic rings. The van der Waals surface area contributed by atoms with Gasteiger partial charge in [0.2, 0.25) is 5.75 Å². The normalized spacial score (nSPS) is 16.2. The second-order valence-electron chi connectivity index (χ2n) is 6.47. The summed E-state index contributed by atoms with van der Waals surface area (Å²) >= 11 is 0. The van der Waals surface area contributed by atoms with Crippen molar-refractivity contribution >= 4 is 22.9 Å². The molecular formula is C18H18O7. The fourth-order valence-corrected chi connectivity index (χ4v) is 2.95. The lowest BCUT2D eigenvalue weighted by molar-refractivity contribution is -0.161. The van der Waals surface area contributed by atoms with Gasteiger partial charge in [0.1, 0.15) is 11.7 Å². The van der Waals surface area contributed by atoms with Crippen molar-refractivity contribution in [3.8, 4) is 11.5 Å². The monoisotopic (exact) mass is 346 g/mol. The minimum Gasteiger partial charge on any atom is -0.482 e. The summed E-state index contributed by atoms with van der Waals surface area (Å²) in [5, 5.41) is 0.615. The fraction of sp³-hybridized carbons (Fsp3) is 0.389. The summed E-state index contributed by atoms with van der Waals surface area (Å²) in [6, 6.07) is 4.70. The van der Waals surface area contributed by atoms with Crippen LogP contribution in [0.25, 0.3) is 11.0 Å². The molecule has 2 aromatic rings. The van der Waals surface area contributed by atoms with Crippen molar-refractivity contribution < 1.29 is 28.2 Å². The number of rotatable bonds is 3. The van der Waals surface area contributed by atoms with Crippen LogP contribution in [0, 0.1) is 0 Å². The van der Waals surface area contributed by atoms with Crippen LogP contribution < -0.4 is 15.1 Å². The first-order chi connectivity index (χ1) is 11.7. The largest absolute Gasteiger partial charge is 0.482 e. The summed E-state index contributed by atoms with van der Waals surface area (Å²) < 4.78 is 21.8. The molecular weight excluding hydrogens is 328 g/mol. The van der Waals surface area contributed by atoms with Gasteiger partial charge in [-0.2, -0.15) is 0 Å². The quantitative estimate of drug-likeness (QED) is 0.478. The first-order valence-corrected chi connectivity index (χ1v) is 7.82. The highest BCUT2D eigenvalue weighted by Crippen LogP contribution is 2.45. The van der Waals surface area contributed by atoms with Gasteiger partial charge >= 0.3 is 17.6 Å². The van der Waals surface area contributed by atoms with Crippen LogP contribution in [0.2, 0.25) is 0 Å². The van der Waals surface area contributed by atoms with Crippen LogP contribution in [0.4, 0.5) is 0 Å². The molecule has 0 amide bonds. The third-order valence-electron chi connectivity index (χ3n) is 3.99. The standard InChI is InChI=1S/C18H18O7/c1-9(19)22-17-15-11(5-6-14(21)24-15)7-12-8-13(23-16(12)17)18(3,4)25-10(2)20/h5-7,13H,8H2,1-4H3. The average molecular weight is 346 g/mol. The Labute approximate surface area is 143 Å². The molecule has 1 aliphatic heterocycles. The number of benzene rings is 1. The van der Waals surface area contributed by atoms with Gasteiger partial charge < -0.3 is 18.6 Å². The van der Waals surface area contributed by atoms with E-state index < -0.39 is 29.3 Å². The second-order valence-corrected chi connectivity index (χ2v) is 6.47. The lowest BCUT2D eigenvalue weighted by Gasteiger charge is -2.30. The van der Waals surface area contributed by atoms with Gasteiger partial charge in [-0.3, -0.25) is 9.59 Å². The Morgan fingerprint density at radius 3 is 2.56 bits per heavy atom. The van der Waals surface area contributed by atoms with E-state index >= 15 is 0 Å². The maximum Gasteiger partial charge on any atom is 0.336 e. The summed E-state index contributed by atoms with van der Waals surface area (Å²) in [6.45, 7) is 6.07. The highest BCUT2D eigenvalue weighted by atomic mass is 16.6. The molecule has 0 saturated carbocycles. The predicted octanol–water partition coefficient (Wildman–Crippen LogP) is 2.36. The minimum absolute atomic E-state index is 0.0684. The van der Waals surface area contributed by atoms with E-state index in [2.05, 4.69) is 0 Å². The van der Waals surface area contributed by atoms with Gasteiger partial charge in [0, 0.05) is 37.3 Å². The highest BCUT2D eigenvalue weighted by Gasteiger charge is 2.41. The van der Waals surface area contributed by atoms with Crippen molar-refractivity contribution in [1.82, 2.24) is 0 Å². The van der Waals surface area contributed by atoms with E-state index in [-0.39, 0.29) is 11.3 Å². The SMILES string of the molecule is CC(=O)Oc1c2c(cc3ccc(=O)oc13)CC(C(C)(C)OC(C)=O)O2. The number of carbonyl (C=O) groups is 2. The molecule has 3 rings (SSSR count). The van der Waals surface area contributed by atoms with E-state index in [0.717, 1.165) is 5.56 Å². The highest BCUT2D eigenvalue weighted by molar-refractivity contribution is 5.89. The van der Waals surface area contributed by atoms with Gasteiger partial charge in [-0.15, -0.1) is 0 Å². The van der Waals surface area contributed by atoms with Crippen LogP contribution in [0.3, 0.4) is 0 Å². The van der Waals surface area contributed by atoms with Crippen LogP contribution in [0.5, 0.6) is 11.5 Å². The molecule has 25 heavy (non-hydrogen) atoms. The molecule has 0 radical (unpaired) electrons. The van der Waals surface area contributed by atoms with Crippen LogP contribution in [-0.2, 0) is 20.7 Å². The maximum atomic E-state index is 11.6. The van der Waals surface area contributed by atoms with E-state index in [9.17, 15) is 14.4 Å². The maximum absolute atomic E-state index is 11.6. The van der Waals surface area contributed by atoms with Crippen molar-refractivity contribution in [3.05, 3.63) is 34.2 Å². The van der Waals surface area contributed by atoms with Gasteiger partial charge in [0.05, 0.1) is 0 Å². The number of carbonyl (C=O) groups excluding carboxylic acids is 2. The van der Waals surface area contributed by atoms with Crippen LogP contribution in [-0.4, -0.2) is 23.6 Å². The van der Waals surface area contributed by atoms with E-state index in [1.54, 1.807) is 19.9 Å². The number of hydrogen-bond acceptors (Lipinski definition) is 7. The summed E-state index contributed by atoms with van der Waals surface area (Å²) in [4.78, 5) is 34.4. The number of fused-ring (bicyclic) bond motifs is 2. The Morgan fingerprint density at radius 1 is 1.20 bits per heavy atom. The Kier molecular flexibility index (Phi) is 4.02. The van der Waals surface area contributed by atoms with Gasteiger partial charge in [-0.25, -0.2) is 4.79 Å². The molecule has 7 nitrogen and oxygen atoms in total. The van der Waals surface area contributed by atoms with E-state index in [1.807, 2.05) is 6.07 Å². The number of hydrogen-bond donors (Lipinski definition) is 0. The van der Waals surface area contributed by atoms with Gasteiger partial charge in [0.25, 0.3) is 0 Å². The van der Waals surface area contributed by atoms with Gasteiger partial charge in [-0.1, -0.05) is 0 Å². The zero-order chi connectivity index (χ0) is 18.4. The number of esters is 2. The smallest absolute Gasteiger partial charge is 0.336 e. The topological polar surface area (TPSA) is 92.0 Å². The molecule has 1 aromatic carbocycles. The third-order valence-corrected chi connectivity index (χ3v) is 3.99. The Bertz CT molecular complexity index is 923. The molecule has 0 bridgehead atoms. The zero-order valence-electron chi connectivity index (χ0n) is 14.4. The molecule has 0 spiro atoms. The molecule has 0 aliphatic carbocycles. The molecule has 1 atom stereocenters. The second kappa shape index (κ2) is 5.91. The summed E-state index contributed by atoms with van der Waals surface area (Å²) in [5.41, 5.74) is -0.517. The van der Waals surface area contributed by atoms with Crippen molar-refractivity contribution in [2.24, 2.45) is 0 Å². The molecule has 0 N–H and O–H groups in total. The van der Waals surface area contributed by atoms with Crippen LogP contribution in [0.15, 0.2) is 27.4 Å². The third kappa shape index (κ3) is 3.22. The lowest BCUT2D eigenvalue weighted by Crippen LogP contribution is -2.43. The first-order valence-electron chi connectivity index (χ1n) is 7.82. The van der Waals surface area contributed by atoms with Gasteiger partial charge in [0.15, 0.2) is 11.3 Å². The molecule has 132 valence electrons. The molecule has 2 heterocycles. The Morgan fingerprint density at radius 2 is 1.92 bits per heavy atom. The molecule has 7 heteroatoms. The van der Waals surface area contributed by atoms with Crippen molar-refractivity contribution in [2.75, 3.05) is 0 Å². The van der Waals surface area contributed by atoms with Crippen molar-refractivity contribution in [3.63, 3.8) is 0 Å². The van der Waals surface area contributed by atoms with Crippen molar-refractivity contribution in [2.45, 2.75) is 45.8 Å². The predicted molar refractivity (Wildman–Crippen MR) is 87.8 cm³/mol. The van der Waals surface area contributed by atoms with Crippen LogP contribution >= 0.6 is 0 Å². The fourth-order valence-electron chi connectivity index (χ4n) is 2.95. The average Bonchev–Trinajstić information content (AvgIpc) is 2.90. The molecule has 0 saturated heterocycles. The minimum atomic E-state index is -0.884. The summed E-state index contributed by atoms with van der Waals surface area (Å²) in [6.07, 6.45) is -0.0110. The summed E-state index contributed by atoms with van der Waals surface area (Å²) in [7, 11) is 0. The molecule has 1 unspecified atom stereocenters.